The zero-order valence-corrected chi connectivity index (χ0v) is 38.1. The fourth-order valence-corrected chi connectivity index (χ4v) is 6.64. The number of ether oxygens (including phenoxy) is 1. The molecule has 3 unspecified atom stereocenters. The van der Waals surface area contributed by atoms with Gasteiger partial charge in [-0.05, 0) is 83.5 Å². The summed E-state index contributed by atoms with van der Waals surface area (Å²) in [5, 5.41) is 21.8. The molecular formula is C48H82NO10P. The Hall–Kier alpha value is -3.08. The van der Waals surface area contributed by atoms with Gasteiger partial charge in [0, 0.05) is 12.8 Å². The van der Waals surface area contributed by atoms with Gasteiger partial charge in [0.25, 0.3) is 0 Å². The highest BCUT2D eigenvalue weighted by molar-refractivity contribution is 7.47. The molecule has 0 fully saturated rings. The first-order valence-corrected chi connectivity index (χ1v) is 24.5. The number of phosphoric ester groups is 1. The molecule has 0 aromatic rings. The number of carboxylic acid groups (broad SMARTS) is 1. The van der Waals surface area contributed by atoms with E-state index in [1.807, 2.05) is 0 Å². The minimum absolute atomic E-state index is 0.129. The highest BCUT2D eigenvalue weighted by Gasteiger charge is 2.28. The summed E-state index contributed by atoms with van der Waals surface area (Å²) in [4.78, 5) is 46.0. The molecule has 0 saturated carbocycles. The van der Waals surface area contributed by atoms with Gasteiger partial charge in [-0.15, -0.1) is 0 Å². The number of nitrogens with one attached hydrogen (secondary N) is 1. The SMILES string of the molecule is CCC/C=C\C/C=C\CCCCCCCC(=O)OCC(O)COP(=O)(O)OCC(NC(=O)CCCCCCCCC/C=C\C/C=C\C/C=C\C/C=C\CCCCC)C(=O)O. The van der Waals surface area contributed by atoms with Gasteiger partial charge in [-0.1, -0.05) is 157 Å². The molecule has 0 heterocycles. The average molecular weight is 864 g/mol. The number of carbonyl (C=O) groups excluding carboxylic acids is 2. The number of hydrogen-bond donors (Lipinski definition) is 4. The van der Waals surface area contributed by atoms with Crippen molar-refractivity contribution in [2.75, 3.05) is 19.8 Å². The number of carboxylic acids is 1. The largest absolute Gasteiger partial charge is 0.480 e. The van der Waals surface area contributed by atoms with E-state index in [-0.39, 0.29) is 12.8 Å². The van der Waals surface area contributed by atoms with Crippen LogP contribution in [0.1, 0.15) is 181 Å². The topological polar surface area (TPSA) is 169 Å². The molecule has 11 nitrogen and oxygen atoms in total. The summed E-state index contributed by atoms with van der Waals surface area (Å²) in [5.74, 6) is -2.41. The molecule has 1 amide bonds. The summed E-state index contributed by atoms with van der Waals surface area (Å²) in [6.45, 7) is 2.47. The number of esters is 1. The van der Waals surface area contributed by atoms with E-state index in [4.69, 9.17) is 13.8 Å². The van der Waals surface area contributed by atoms with Crippen molar-refractivity contribution in [1.82, 2.24) is 5.32 Å². The maximum absolute atomic E-state index is 12.3. The van der Waals surface area contributed by atoms with Crippen molar-refractivity contribution in [3.8, 4) is 0 Å². The van der Waals surface area contributed by atoms with Crippen LogP contribution in [-0.2, 0) is 32.7 Å². The first-order chi connectivity index (χ1) is 29.1. The average Bonchev–Trinajstić information content (AvgIpc) is 3.22. The van der Waals surface area contributed by atoms with Crippen LogP contribution in [0.3, 0.4) is 0 Å². The van der Waals surface area contributed by atoms with E-state index in [1.165, 1.54) is 32.1 Å². The summed E-state index contributed by atoms with van der Waals surface area (Å²) in [6, 6.07) is -1.56. The van der Waals surface area contributed by atoms with Crippen LogP contribution in [0.25, 0.3) is 0 Å². The Morgan fingerprint density at radius 3 is 1.43 bits per heavy atom. The number of carbonyl (C=O) groups is 3. The van der Waals surface area contributed by atoms with E-state index >= 15 is 0 Å². The molecule has 0 aliphatic carbocycles. The first-order valence-electron chi connectivity index (χ1n) is 23.0. The fraction of sp³-hybridized carbons (Fsp3) is 0.688. The second-order valence-corrected chi connectivity index (χ2v) is 16.7. The summed E-state index contributed by atoms with van der Waals surface area (Å²) >= 11 is 0. The normalized spacial score (nSPS) is 14.3. The third-order valence-electron chi connectivity index (χ3n) is 9.45. The zero-order valence-electron chi connectivity index (χ0n) is 37.2. The second kappa shape index (κ2) is 42.6. The van der Waals surface area contributed by atoms with E-state index in [9.17, 15) is 34.1 Å². The van der Waals surface area contributed by atoms with Gasteiger partial charge in [-0.3, -0.25) is 18.6 Å². The van der Waals surface area contributed by atoms with Crippen LogP contribution < -0.4 is 5.32 Å². The molecular weight excluding hydrogens is 781 g/mol. The number of rotatable bonds is 42. The minimum atomic E-state index is -4.77. The van der Waals surface area contributed by atoms with E-state index in [2.05, 4.69) is 92.1 Å². The number of aliphatic hydroxyl groups is 1. The summed E-state index contributed by atoms with van der Waals surface area (Å²) < 4.78 is 26.8. The van der Waals surface area contributed by atoms with Gasteiger partial charge in [0.1, 0.15) is 12.7 Å². The van der Waals surface area contributed by atoms with Crippen molar-refractivity contribution >= 4 is 25.7 Å². The lowest BCUT2D eigenvalue weighted by Gasteiger charge is -2.18. The van der Waals surface area contributed by atoms with Gasteiger partial charge in [-0.2, -0.15) is 0 Å². The summed E-state index contributed by atoms with van der Waals surface area (Å²) in [5.41, 5.74) is 0. The molecule has 0 saturated heterocycles. The van der Waals surface area contributed by atoms with Gasteiger partial charge in [0.05, 0.1) is 13.2 Å². The van der Waals surface area contributed by atoms with Crippen LogP contribution in [0.5, 0.6) is 0 Å². The van der Waals surface area contributed by atoms with Crippen LogP contribution in [0.4, 0.5) is 0 Å². The predicted octanol–water partition coefficient (Wildman–Crippen LogP) is 12.1. The van der Waals surface area contributed by atoms with Crippen LogP contribution in [0.2, 0.25) is 0 Å². The Bertz CT molecular complexity index is 1290. The molecule has 0 aliphatic heterocycles. The van der Waals surface area contributed by atoms with Gasteiger partial charge in [0.15, 0.2) is 6.04 Å². The molecule has 0 bridgehead atoms. The zero-order chi connectivity index (χ0) is 44.2. The number of amides is 1. The molecule has 12 heteroatoms. The molecule has 0 rings (SSSR count). The summed E-state index contributed by atoms with van der Waals surface area (Å²) in [7, 11) is -4.77. The van der Waals surface area contributed by atoms with Crippen LogP contribution in [-0.4, -0.2) is 64.9 Å². The standard InChI is InChI=1S/C48H82NO10P/c1-3-5-7-9-11-13-15-17-18-19-20-21-22-23-24-25-26-28-29-31-33-35-37-39-46(51)49-45(48(53)54)43-59-60(55,56)58-42-44(50)41-57-47(52)40-38-36-34-32-30-27-16-14-12-10-8-6-4-2/h8,10-11,13-14,16-18,20-21,23-24,44-45,50H,3-7,9,12,15,19,22,25-43H2,1-2H3,(H,49,51)(H,53,54)(H,55,56)/b10-8-,13-11-,16-14-,18-17-,21-20-,24-23-. The molecule has 0 aromatic carbocycles. The Morgan fingerprint density at radius 1 is 0.533 bits per heavy atom. The minimum Gasteiger partial charge on any atom is -0.480 e. The Morgan fingerprint density at radius 2 is 0.950 bits per heavy atom. The molecule has 3 atom stereocenters. The summed E-state index contributed by atoms with van der Waals surface area (Å²) in [6.07, 6.45) is 50.6. The van der Waals surface area contributed by atoms with Gasteiger partial charge in [0.2, 0.25) is 5.91 Å². The fourth-order valence-electron chi connectivity index (χ4n) is 5.86. The van der Waals surface area contributed by atoms with Crippen molar-refractivity contribution in [3.05, 3.63) is 72.9 Å². The van der Waals surface area contributed by atoms with Crippen molar-refractivity contribution in [3.63, 3.8) is 0 Å². The van der Waals surface area contributed by atoms with Crippen molar-refractivity contribution in [2.45, 2.75) is 193 Å². The van der Waals surface area contributed by atoms with Gasteiger partial charge >= 0.3 is 19.8 Å². The first kappa shape index (κ1) is 56.9. The predicted molar refractivity (Wildman–Crippen MR) is 244 cm³/mol. The van der Waals surface area contributed by atoms with Crippen molar-refractivity contribution in [1.29, 1.82) is 0 Å². The molecule has 0 aromatic heterocycles. The lowest BCUT2D eigenvalue weighted by Crippen LogP contribution is -2.43. The van der Waals surface area contributed by atoms with Gasteiger partial charge in [-0.25, -0.2) is 9.36 Å². The third kappa shape index (κ3) is 41.6. The van der Waals surface area contributed by atoms with Crippen LogP contribution >= 0.6 is 7.82 Å². The molecule has 0 aliphatic rings. The van der Waals surface area contributed by atoms with Crippen molar-refractivity contribution < 1.29 is 47.8 Å². The van der Waals surface area contributed by atoms with Crippen LogP contribution in [0.15, 0.2) is 72.9 Å². The smallest absolute Gasteiger partial charge is 0.472 e. The number of unbranched alkanes of at least 4 members (excludes halogenated alkanes) is 16. The maximum Gasteiger partial charge on any atom is 0.472 e. The van der Waals surface area contributed by atoms with E-state index in [0.29, 0.717) is 12.8 Å². The highest BCUT2D eigenvalue weighted by atomic mass is 31.2. The van der Waals surface area contributed by atoms with Crippen molar-refractivity contribution in [2.24, 2.45) is 0 Å². The second-order valence-electron chi connectivity index (χ2n) is 15.2. The number of aliphatic hydroxyl groups excluding tert-OH is 1. The molecule has 344 valence electrons. The van der Waals surface area contributed by atoms with E-state index < -0.39 is 57.6 Å². The third-order valence-corrected chi connectivity index (χ3v) is 10.4. The number of aliphatic carboxylic acids is 1. The Kier molecular flexibility index (Phi) is 40.4. The number of phosphoric acid groups is 1. The lowest BCUT2D eigenvalue weighted by molar-refractivity contribution is -0.147. The molecule has 60 heavy (non-hydrogen) atoms. The number of allylic oxidation sites excluding steroid dienone is 12. The molecule has 0 spiro atoms. The maximum atomic E-state index is 12.3. The van der Waals surface area contributed by atoms with E-state index in [0.717, 1.165) is 109 Å². The van der Waals surface area contributed by atoms with Crippen LogP contribution in [0, 0.1) is 0 Å². The quantitative estimate of drug-likeness (QED) is 0.0201. The highest BCUT2D eigenvalue weighted by Crippen LogP contribution is 2.43. The van der Waals surface area contributed by atoms with Gasteiger partial charge < -0.3 is 25.2 Å². The molecule has 4 N–H and O–H groups in total. The number of hydrogen-bond acceptors (Lipinski definition) is 8. The lowest BCUT2D eigenvalue weighted by atomic mass is 10.1. The van der Waals surface area contributed by atoms with E-state index in [1.54, 1.807) is 0 Å². The Balaban J connectivity index is 3.93. The monoisotopic (exact) mass is 864 g/mol. The Labute approximate surface area is 363 Å². The molecule has 0 radical (unpaired) electrons.